The van der Waals surface area contributed by atoms with Gasteiger partial charge in [0.25, 0.3) is 0 Å². The molecule has 3 nitrogen and oxygen atoms in total. The maximum atomic E-state index is 9.61. The summed E-state index contributed by atoms with van der Waals surface area (Å²) >= 11 is 0. The molecule has 17 heavy (non-hydrogen) atoms. The van der Waals surface area contributed by atoms with Crippen LogP contribution in [0.25, 0.3) is 0 Å². The predicted molar refractivity (Wildman–Crippen MR) is 71.0 cm³/mol. The molecule has 1 aliphatic rings. The standard InChI is InChI=1S/C14H29NO2/c1-3-14(4-2,12-17)11-15-8-5-6-13(10-15)7-9-16/h13,16-17H,3-12H2,1-2H3. The number of likely N-dealkylation sites (tertiary alicyclic amines) is 1. The van der Waals surface area contributed by atoms with Crippen LogP contribution in [0.1, 0.15) is 46.0 Å². The topological polar surface area (TPSA) is 43.7 Å². The van der Waals surface area contributed by atoms with Gasteiger partial charge in [0.1, 0.15) is 0 Å². The molecule has 0 spiro atoms. The highest BCUT2D eigenvalue weighted by atomic mass is 16.3. The summed E-state index contributed by atoms with van der Waals surface area (Å²) in [6.07, 6.45) is 5.50. The van der Waals surface area contributed by atoms with E-state index in [-0.39, 0.29) is 5.41 Å². The first-order valence-corrected chi connectivity index (χ1v) is 7.13. The number of hydrogen-bond acceptors (Lipinski definition) is 3. The number of aliphatic hydroxyl groups is 2. The Hall–Kier alpha value is -0.120. The minimum atomic E-state index is 0.0844. The van der Waals surface area contributed by atoms with Gasteiger partial charge in [-0.05, 0) is 44.6 Å². The fraction of sp³-hybridized carbons (Fsp3) is 1.00. The first kappa shape index (κ1) is 14.9. The quantitative estimate of drug-likeness (QED) is 0.717. The van der Waals surface area contributed by atoms with Crippen molar-refractivity contribution in [3.05, 3.63) is 0 Å². The zero-order chi connectivity index (χ0) is 12.7. The van der Waals surface area contributed by atoms with Crippen LogP contribution in [0, 0.1) is 11.3 Å². The molecule has 0 aliphatic carbocycles. The van der Waals surface area contributed by atoms with E-state index in [1.165, 1.54) is 12.8 Å². The van der Waals surface area contributed by atoms with Crippen molar-refractivity contribution in [2.45, 2.75) is 46.0 Å². The van der Waals surface area contributed by atoms with Gasteiger partial charge in [0.2, 0.25) is 0 Å². The Morgan fingerprint density at radius 3 is 2.47 bits per heavy atom. The van der Waals surface area contributed by atoms with Crippen molar-refractivity contribution in [1.82, 2.24) is 4.90 Å². The van der Waals surface area contributed by atoms with Gasteiger partial charge >= 0.3 is 0 Å². The molecular weight excluding hydrogens is 214 g/mol. The van der Waals surface area contributed by atoms with Crippen molar-refractivity contribution in [3.63, 3.8) is 0 Å². The lowest BCUT2D eigenvalue weighted by Crippen LogP contribution is -2.44. The Morgan fingerprint density at radius 2 is 1.94 bits per heavy atom. The molecule has 0 bridgehead atoms. The van der Waals surface area contributed by atoms with Gasteiger partial charge in [-0.2, -0.15) is 0 Å². The summed E-state index contributed by atoms with van der Waals surface area (Å²) in [5.41, 5.74) is 0.0844. The van der Waals surface area contributed by atoms with Crippen LogP contribution < -0.4 is 0 Å². The van der Waals surface area contributed by atoms with E-state index in [4.69, 9.17) is 5.11 Å². The second kappa shape index (κ2) is 7.34. The van der Waals surface area contributed by atoms with Crippen LogP contribution in [0.5, 0.6) is 0 Å². The van der Waals surface area contributed by atoms with Gasteiger partial charge in [-0.3, -0.25) is 0 Å². The van der Waals surface area contributed by atoms with E-state index in [1.807, 2.05) is 0 Å². The van der Waals surface area contributed by atoms with E-state index in [9.17, 15) is 5.11 Å². The Bertz CT molecular complexity index is 194. The number of nitrogens with zero attached hydrogens (tertiary/aromatic N) is 1. The van der Waals surface area contributed by atoms with Crippen LogP contribution in [0.4, 0.5) is 0 Å². The van der Waals surface area contributed by atoms with E-state index >= 15 is 0 Å². The molecule has 1 atom stereocenters. The molecule has 0 aromatic carbocycles. The van der Waals surface area contributed by atoms with Crippen LogP contribution in [0.15, 0.2) is 0 Å². The Morgan fingerprint density at radius 1 is 1.24 bits per heavy atom. The van der Waals surface area contributed by atoms with Gasteiger partial charge in [-0.25, -0.2) is 0 Å². The zero-order valence-corrected chi connectivity index (χ0v) is 11.5. The maximum Gasteiger partial charge on any atom is 0.0499 e. The van der Waals surface area contributed by atoms with Crippen LogP contribution in [0.3, 0.4) is 0 Å². The number of aliphatic hydroxyl groups excluding tert-OH is 2. The van der Waals surface area contributed by atoms with Gasteiger partial charge in [-0.15, -0.1) is 0 Å². The zero-order valence-electron chi connectivity index (χ0n) is 11.5. The molecule has 0 aromatic rings. The fourth-order valence-electron chi connectivity index (χ4n) is 2.93. The summed E-state index contributed by atoms with van der Waals surface area (Å²) in [5.74, 6) is 0.652. The number of piperidine rings is 1. The average molecular weight is 243 g/mol. The fourth-order valence-corrected chi connectivity index (χ4v) is 2.93. The minimum absolute atomic E-state index is 0.0844. The lowest BCUT2D eigenvalue weighted by atomic mass is 9.81. The molecule has 0 aromatic heterocycles. The molecule has 1 unspecified atom stereocenters. The smallest absolute Gasteiger partial charge is 0.0499 e. The van der Waals surface area contributed by atoms with E-state index in [0.29, 0.717) is 19.1 Å². The Labute approximate surface area is 106 Å². The van der Waals surface area contributed by atoms with Gasteiger partial charge < -0.3 is 15.1 Å². The molecule has 1 fully saturated rings. The molecule has 102 valence electrons. The van der Waals surface area contributed by atoms with Crippen molar-refractivity contribution in [1.29, 1.82) is 0 Å². The van der Waals surface area contributed by atoms with Crippen LogP contribution in [-0.2, 0) is 0 Å². The van der Waals surface area contributed by atoms with Crippen LogP contribution >= 0.6 is 0 Å². The second-order valence-corrected chi connectivity index (χ2v) is 5.62. The highest BCUT2D eigenvalue weighted by Gasteiger charge is 2.30. The van der Waals surface area contributed by atoms with Crippen molar-refractivity contribution >= 4 is 0 Å². The van der Waals surface area contributed by atoms with E-state index in [2.05, 4.69) is 18.7 Å². The predicted octanol–water partition coefficient (Wildman–Crippen LogP) is 1.88. The second-order valence-electron chi connectivity index (χ2n) is 5.62. The number of rotatable bonds is 7. The molecular formula is C14H29NO2. The van der Waals surface area contributed by atoms with Crippen molar-refractivity contribution in [3.8, 4) is 0 Å². The molecule has 0 radical (unpaired) electrons. The summed E-state index contributed by atoms with van der Waals surface area (Å²) in [7, 11) is 0. The molecule has 2 N–H and O–H groups in total. The highest BCUT2D eigenvalue weighted by Crippen LogP contribution is 2.29. The van der Waals surface area contributed by atoms with E-state index in [0.717, 1.165) is 38.9 Å². The van der Waals surface area contributed by atoms with E-state index < -0.39 is 0 Å². The molecule has 1 saturated heterocycles. The van der Waals surface area contributed by atoms with Gasteiger partial charge in [-0.1, -0.05) is 13.8 Å². The largest absolute Gasteiger partial charge is 0.396 e. The summed E-state index contributed by atoms with van der Waals surface area (Å²) in [5, 5.41) is 18.6. The van der Waals surface area contributed by atoms with Crippen LogP contribution in [0.2, 0.25) is 0 Å². The SMILES string of the molecule is CCC(CC)(CO)CN1CCCC(CCO)C1. The Balaban J connectivity index is 2.49. The monoisotopic (exact) mass is 243 g/mol. The van der Waals surface area contributed by atoms with Crippen LogP contribution in [-0.4, -0.2) is 48.0 Å². The van der Waals surface area contributed by atoms with Gasteiger partial charge in [0.05, 0.1) is 0 Å². The van der Waals surface area contributed by atoms with Crippen molar-refractivity contribution in [2.24, 2.45) is 11.3 Å². The molecule has 0 saturated carbocycles. The summed E-state index contributed by atoms with van der Waals surface area (Å²) < 4.78 is 0. The lowest BCUT2D eigenvalue weighted by Gasteiger charge is -2.40. The summed E-state index contributed by atoms with van der Waals surface area (Å²) in [4.78, 5) is 2.49. The molecule has 1 rings (SSSR count). The van der Waals surface area contributed by atoms with E-state index in [1.54, 1.807) is 0 Å². The first-order chi connectivity index (χ1) is 8.19. The summed E-state index contributed by atoms with van der Waals surface area (Å²) in [6, 6.07) is 0. The molecule has 1 aliphatic heterocycles. The number of hydrogen-bond donors (Lipinski definition) is 2. The normalized spacial score (nSPS) is 22.9. The third kappa shape index (κ3) is 4.23. The molecule has 0 amide bonds. The minimum Gasteiger partial charge on any atom is -0.396 e. The third-order valence-electron chi connectivity index (χ3n) is 4.53. The van der Waals surface area contributed by atoms with Gasteiger partial charge in [0.15, 0.2) is 0 Å². The third-order valence-corrected chi connectivity index (χ3v) is 4.53. The highest BCUT2D eigenvalue weighted by molar-refractivity contribution is 4.83. The Kier molecular flexibility index (Phi) is 6.45. The first-order valence-electron chi connectivity index (χ1n) is 7.13. The van der Waals surface area contributed by atoms with Crippen molar-refractivity contribution in [2.75, 3.05) is 32.8 Å². The lowest BCUT2D eigenvalue weighted by molar-refractivity contribution is 0.0433. The maximum absolute atomic E-state index is 9.61. The average Bonchev–Trinajstić information content (AvgIpc) is 2.37. The van der Waals surface area contributed by atoms with Gasteiger partial charge in [0, 0.05) is 31.7 Å². The van der Waals surface area contributed by atoms with Crippen molar-refractivity contribution < 1.29 is 10.2 Å². The molecule has 3 heteroatoms. The summed E-state index contributed by atoms with van der Waals surface area (Å²) in [6.45, 7) is 8.22. The molecule has 1 heterocycles.